The molecule has 32 heavy (non-hydrogen) atoms. The lowest BCUT2D eigenvalue weighted by Gasteiger charge is -2.25. The summed E-state index contributed by atoms with van der Waals surface area (Å²) in [5.74, 6) is -2.77. The number of carboxylic acid groups (broad SMARTS) is 1. The Morgan fingerprint density at radius 1 is 1.09 bits per heavy atom. The molecule has 1 aromatic carbocycles. The van der Waals surface area contributed by atoms with Crippen molar-refractivity contribution >= 4 is 28.7 Å². The Bertz CT molecular complexity index is 1100. The third-order valence-corrected chi connectivity index (χ3v) is 5.33. The van der Waals surface area contributed by atoms with Gasteiger partial charge >= 0.3 is 11.7 Å². The van der Waals surface area contributed by atoms with Crippen molar-refractivity contribution in [3.05, 3.63) is 45.1 Å². The molecule has 1 aromatic heterocycles. The second-order valence-corrected chi connectivity index (χ2v) is 8.33. The standard InChI is InChI=1S/C22H30N4O6/c1-5-13(4)18(21(30)31)25-19(28)16(10-12(2)3)23-17(27)11-26-20(29)14-8-6-7-9-15(14)24-22(26)32/h6-9,12-13,16,18H,5,10-11H2,1-4H3,(H,23,27)(H,24,32)(H,25,28)(H,30,31). The number of rotatable bonds is 10. The second kappa shape index (κ2) is 10.7. The van der Waals surface area contributed by atoms with E-state index in [0.717, 1.165) is 4.57 Å². The molecule has 0 saturated heterocycles. The molecule has 2 amide bonds. The number of carboxylic acids is 1. The molecule has 10 heteroatoms. The molecule has 0 spiro atoms. The molecule has 0 saturated carbocycles. The predicted octanol–water partition coefficient (Wildman–Crippen LogP) is 0.836. The zero-order valence-corrected chi connectivity index (χ0v) is 18.7. The smallest absolute Gasteiger partial charge is 0.329 e. The maximum atomic E-state index is 12.8. The van der Waals surface area contributed by atoms with Crippen LogP contribution in [-0.2, 0) is 20.9 Å². The Morgan fingerprint density at radius 2 is 1.75 bits per heavy atom. The molecule has 0 fully saturated rings. The van der Waals surface area contributed by atoms with E-state index in [1.807, 2.05) is 20.8 Å². The molecule has 0 aliphatic carbocycles. The van der Waals surface area contributed by atoms with E-state index in [9.17, 15) is 29.1 Å². The lowest BCUT2D eigenvalue weighted by Crippen LogP contribution is -2.54. The zero-order chi connectivity index (χ0) is 24.0. The molecule has 0 bridgehead atoms. The zero-order valence-electron chi connectivity index (χ0n) is 18.7. The van der Waals surface area contributed by atoms with Gasteiger partial charge < -0.3 is 20.7 Å². The van der Waals surface area contributed by atoms with Gasteiger partial charge in [0.25, 0.3) is 5.56 Å². The fourth-order valence-electron chi connectivity index (χ4n) is 3.37. The lowest BCUT2D eigenvalue weighted by atomic mass is 9.97. The first-order chi connectivity index (χ1) is 15.0. The summed E-state index contributed by atoms with van der Waals surface area (Å²) >= 11 is 0. The summed E-state index contributed by atoms with van der Waals surface area (Å²) in [5.41, 5.74) is -0.996. The van der Waals surface area contributed by atoms with Crippen molar-refractivity contribution in [1.82, 2.24) is 20.2 Å². The van der Waals surface area contributed by atoms with Crippen molar-refractivity contribution in [3.8, 4) is 0 Å². The van der Waals surface area contributed by atoms with Crippen molar-refractivity contribution < 1.29 is 19.5 Å². The van der Waals surface area contributed by atoms with Crippen LogP contribution in [0.4, 0.5) is 0 Å². The Balaban J connectivity index is 2.22. The molecule has 2 aromatic rings. The molecule has 3 unspecified atom stereocenters. The number of hydrogen-bond acceptors (Lipinski definition) is 5. The molecule has 1 heterocycles. The highest BCUT2D eigenvalue weighted by molar-refractivity contribution is 5.90. The van der Waals surface area contributed by atoms with Crippen LogP contribution in [0.3, 0.4) is 0 Å². The molecule has 4 N–H and O–H groups in total. The van der Waals surface area contributed by atoms with E-state index < -0.39 is 47.7 Å². The Hall–Kier alpha value is -3.43. The maximum Gasteiger partial charge on any atom is 0.329 e. The molecule has 10 nitrogen and oxygen atoms in total. The van der Waals surface area contributed by atoms with Crippen LogP contribution >= 0.6 is 0 Å². The molecular formula is C22H30N4O6. The number of carbonyl (C=O) groups is 3. The molecule has 0 aliphatic heterocycles. The van der Waals surface area contributed by atoms with Crippen molar-refractivity contribution in [1.29, 1.82) is 0 Å². The van der Waals surface area contributed by atoms with Gasteiger partial charge in [0.05, 0.1) is 10.9 Å². The van der Waals surface area contributed by atoms with Crippen LogP contribution in [0.5, 0.6) is 0 Å². The summed E-state index contributed by atoms with van der Waals surface area (Å²) in [6.07, 6.45) is 0.805. The van der Waals surface area contributed by atoms with Crippen LogP contribution in [0, 0.1) is 11.8 Å². The van der Waals surface area contributed by atoms with Gasteiger partial charge in [0.2, 0.25) is 11.8 Å². The van der Waals surface area contributed by atoms with Gasteiger partial charge in [0.15, 0.2) is 0 Å². The highest BCUT2D eigenvalue weighted by Crippen LogP contribution is 2.11. The fraction of sp³-hybridized carbons (Fsp3) is 0.500. The molecule has 2 rings (SSSR count). The molecule has 0 aliphatic rings. The third kappa shape index (κ3) is 6.05. The number of aromatic nitrogens is 2. The van der Waals surface area contributed by atoms with Crippen LogP contribution < -0.4 is 21.9 Å². The first kappa shape index (κ1) is 24.8. The Morgan fingerprint density at radius 3 is 2.34 bits per heavy atom. The van der Waals surface area contributed by atoms with Gasteiger partial charge in [-0.25, -0.2) is 9.59 Å². The fourth-order valence-corrected chi connectivity index (χ4v) is 3.37. The molecule has 0 radical (unpaired) electrons. The number of H-pyrrole nitrogens is 1. The predicted molar refractivity (Wildman–Crippen MR) is 119 cm³/mol. The van der Waals surface area contributed by atoms with Crippen molar-refractivity contribution in [3.63, 3.8) is 0 Å². The number of carbonyl (C=O) groups excluding carboxylic acids is 2. The number of benzene rings is 1. The number of fused-ring (bicyclic) bond motifs is 1. The van der Waals surface area contributed by atoms with E-state index in [2.05, 4.69) is 15.6 Å². The van der Waals surface area contributed by atoms with Crippen LogP contribution in [0.25, 0.3) is 10.9 Å². The van der Waals surface area contributed by atoms with E-state index in [4.69, 9.17) is 0 Å². The Labute approximate surface area is 185 Å². The molecule has 3 atom stereocenters. The average molecular weight is 447 g/mol. The first-order valence-corrected chi connectivity index (χ1v) is 10.6. The topological polar surface area (TPSA) is 150 Å². The van der Waals surface area contributed by atoms with Gasteiger partial charge in [-0.3, -0.25) is 19.0 Å². The van der Waals surface area contributed by atoms with E-state index in [1.54, 1.807) is 25.1 Å². The lowest BCUT2D eigenvalue weighted by molar-refractivity contribution is -0.143. The number of nitrogens with one attached hydrogen (secondary N) is 3. The monoisotopic (exact) mass is 446 g/mol. The summed E-state index contributed by atoms with van der Waals surface area (Å²) in [4.78, 5) is 64.5. The van der Waals surface area contributed by atoms with Crippen molar-refractivity contribution in [2.45, 2.75) is 59.2 Å². The second-order valence-electron chi connectivity index (χ2n) is 8.33. The number of aliphatic carboxylic acids is 1. The SMILES string of the molecule is CCC(C)C(NC(=O)C(CC(C)C)NC(=O)Cn1c(=O)[nH]c2ccccc2c1=O)C(=O)O. The van der Waals surface area contributed by atoms with E-state index in [-0.39, 0.29) is 23.6 Å². The summed E-state index contributed by atoms with van der Waals surface area (Å²) in [7, 11) is 0. The van der Waals surface area contributed by atoms with Crippen molar-refractivity contribution in [2.75, 3.05) is 0 Å². The van der Waals surface area contributed by atoms with E-state index >= 15 is 0 Å². The van der Waals surface area contributed by atoms with Gasteiger partial charge in [-0.1, -0.05) is 46.2 Å². The van der Waals surface area contributed by atoms with Crippen LogP contribution in [0.1, 0.15) is 40.5 Å². The summed E-state index contributed by atoms with van der Waals surface area (Å²) in [5, 5.41) is 14.7. The first-order valence-electron chi connectivity index (χ1n) is 10.6. The number of aromatic amines is 1. The quantitative estimate of drug-likeness (QED) is 0.425. The summed E-state index contributed by atoms with van der Waals surface area (Å²) in [6.45, 7) is 6.67. The average Bonchev–Trinajstić information content (AvgIpc) is 2.73. The van der Waals surface area contributed by atoms with Gasteiger partial charge in [0.1, 0.15) is 18.6 Å². The number of para-hydroxylation sites is 1. The molecular weight excluding hydrogens is 416 g/mol. The van der Waals surface area contributed by atoms with Gasteiger partial charge in [-0.05, 0) is 30.4 Å². The number of nitrogens with zero attached hydrogens (tertiary/aromatic N) is 1. The minimum absolute atomic E-state index is 0.0183. The van der Waals surface area contributed by atoms with Crippen LogP contribution in [0.2, 0.25) is 0 Å². The highest BCUT2D eigenvalue weighted by atomic mass is 16.4. The minimum Gasteiger partial charge on any atom is -0.480 e. The summed E-state index contributed by atoms with van der Waals surface area (Å²) < 4.78 is 0.765. The van der Waals surface area contributed by atoms with Crippen LogP contribution in [-0.4, -0.2) is 44.5 Å². The summed E-state index contributed by atoms with van der Waals surface area (Å²) in [6, 6.07) is 4.34. The van der Waals surface area contributed by atoms with E-state index in [1.165, 1.54) is 6.07 Å². The minimum atomic E-state index is -1.16. The van der Waals surface area contributed by atoms with Gasteiger partial charge in [-0.2, -0.15) is 0 Å². The van der Waals surface area contributed by atoms with Gasteiger partial charge in [0, 0.05) is 0 Å². The number of amides is 2. The van der Waals surface area contributed by atoms with Crippen LogP contribution in [0.15, 0.2) is 33.9 Å². The largest absolute Gasteiger partial charge is 0.480 e. The Kier molecular flexibility index (Phi) is 8.34. The van der Waals surface area contributed by atoms with E-state index in [0.29, 0.717) is 11.9 Å². The third-order valence-electron chi connectivity index (χ3n) is 5.33. The number of hydrogen-bond donors (Lipinski definition) is 4. The molecule has 174 valence electrons. The highest BCUT2D eigenvalue weighted by Gasteiger charge is 2.30. The van der Waals surface area contributed by atoms with Gasteiger partial charge in [-0.15, -0.1) is 0 Å². The normalized spacial score (nSPS) is 14.0. The maximum absolute atomic E-state index is 12.8. The van der Waals surface area contributed by atoms with Crippen molar-refractivity contribution in [2.24, 2.45) is 11.8 Å².